The van der Waals surface area contributed by atoms with Crippen molar-refractivity contribution >= 4 is 5.82 Å². The van der Waals surface area contributed by atoms with E-state index in [1.165, 1.54) is 0 Å². The fraction of sp³-hybridized carbons (Fsp3) is 0.643. The zero-order chi connectivity index (χ0) is 13.6. The first-order valence-electron chi connectivity index (χ1n) is 6.42. The first-order valence-corrected chi connectivity index (χ1v) is 6.42. The number of aromatic nitrogens is 1. The summed E-state index contributed by atoms with van der Waals surface area (Å²) in [5, 5.41) is 13.0. The Morgan fingerprint density at radius 2 is 2.11 bits per heavy atom. The summed E-state index contributed by atoms with van der Waals surface area (Å²) in [6.07, 6.45) is 0.382. The SMILES string of the molecule is CCOc1cccc(NCC(O)CC(C)(C)C)n1. The number of nitrogens with one attached hydrogen (secondary N) is 1. The molecule has 1 atom stereocenters. The number of aliphatic hydroxyl groups excluding tert-OH is 1. The van der Waals surface area contributed by atoms with Crippen LogP contribution in [0.2, 0.25) is 0 Å². The highest BCUT2D eigenvalue weighted by Gasteiger charge is 2.16. The maximum Gasteiger partial charge on any atom is 0.215 e. The van der Waals surface area contributed by atoms with Gasteiger partial charge in [-0.25, -0.2) is 0 Å². The van der Waals surface area contributed by atoms with Gasteiger partial charge in [0, 0.05) is 12.6 Å². The van der Waals surface area contributed by atoms with Gasteiger partial charge in [-0.05, 0) is 24.8 Å². The molecule has 4 nitrogen and oxygen atoms in total. The lowest BCUT2D eigenvalue weighted by atomic mass is 9.89. The first kappa shape index (κ1) is 14.8. The summed E-state index contributed by atoms with van der Waals surface area (Å²) in [6.45, 7) is 9.37. The second-order valence-corrected chi connectivity index (χ2v) is 5.59. The molecule has 0 saturated heterocycles. The van der Waals surface area contributed by atoms with Gasteiger partial charge in [0.2, 0.25) is 5.88 Å². The maximum atomic E-state index is 9.90. The summed E-state index contributed by atoms with van der Waals surface area (Å²) in [7, 11) is 0. The Labute approximate surface area is 109 Å². The van der Waals surface area contributed by atoms with Crippen molar-refractivity contribution in [1.29, 1.82) is 0 Å². The van der Waals surface area contributed by atoms with Crippen LogP contribution in [0.3, 0.4) is 0 Å². The van der Waals surface area contributed by atoms with Crippen molar-refractivity contribution in [1.82, 2.24) is 4.98 Å². The normalized spacial score (nSPS) is 13.2. The molecule has 0 aliphatic carbocycles. The van der Waals surface area contributed by atoms with E-state index in [0.29, 0.717) is 19.0 Å². The lowest BCUT2D eigenvalue weighted by Gasteiger charge is -2.22. The lowest BCUT2D eigenvalue weighted by Crippen LogP contribution is -2.25. The summed E-state index contributed by atoms with van der Waals surface area (Å²) >= 11 is 0. The van der Waals surface area contributed by atoms with Crippen LogP contribution in [0.15, 0.2) is 18.2 Å². The van der Waals surface area contributed by atoms with Crippen LogP contribution in [-0.2, 0) is 0 Å². The minimum atomic E-state index is -0.373. The Balaban J connectivity index is 2.45. The van der Waals surface area contributed by atoms with Crippen LogP contribution in [0.25, 0.3) is 0 Å². The zero-order valence-corrected chi connectivity index (χ0v) is 11.7. The molecule has 0 bridgehead atoms. The minimum Gasteiger partial charge on any atom is -0.478 e. The van der Waals surface area contributed by atoms with Crippen molar-refractivity contribution in [3.05, 3.63) is 18.2 Å². The Morgan fingerprint density at radius 3 is 2.72 bits per heavy atom. The van der Waals surface area contributed by atoms with Crippen LogP contribution in [0.1, 0.15) is 34.1 Å². The fourth-order valence-corrected chi connectivity index (χ4v) is 1.74. The third-order valence-corrected chi connectivity index (χ3v) is 2.38. The summed E-state index contributed by atoms with van der Waals surface area (Å²) < 4.78 is 5.32. The molecule has 1 heterocycles. The van der Waals surface area contributed by atoms with Crippen molar-refractivity contribution in [3.8, 4) is 5.88 Å². The molecule has 0 saturated carbocycles. The largest absolute Gasteiger partial charge is 0.478 e. The van der Waals surface area contributed by atoms with Crippen LogP contribution >= 0.6 is 0 Å². The van der Waals surface area contributed by atoms with Gasteiger partial charge in [0.05, 0.1) is 12.7 Å². The molecule has 1 aromatic rings. The summed E-state index contributed by atoms with van der Waals surface area (Å²) in [4.78, 5) is 4.29. The number of hydrogen-bond acceptors (Lipinski definition) is 4. The van der Waals surface area contributed by atoms with Gasteiger partial charge in [-0.3, -0.25) is 0 Å². The van der Waals surface area contributed by atoms with E-state index in [-0.39, 0.29) is 11.5 Å². The summed E-state index contributed by atoms with van der Waals surface area (Å²) in [5.74, 6) is 1.33. The average Bonchev–Trinajstić information content (AvgIpc) is 2.25. The molecule has 0 fully saturated rings. The molecule has 0 spiro atoms. The van der Waals surface area contributed by atoms with E-state index in [4.69, 9.17) is 4.74 Å². The standard InChI is InChI=1S/C14H24N2O2/c1-5-18-13-8-6-7-12(16-13)15-10-11(17)9-14(2,3)4/h6-8,11,17H,5,9-10H2,1-4H3,(H,15,16). The topological polar surface area (TPSA) is 54.4 Å². The molecule has 0 aromatic carbocycles. The average molecular weight is 252 g/mol. The first-order chi connectivity index (χ1) is 8.40. The molecule has 1 aromatic heterocycles. The highest BCUT2D eigenvalue weighted by Crippen LogP contribution is 2.21. The van der Waals surface area contributed by atoms with Crippen molar-refractivity contribution in [3.63, 3.8) is 0 Å². The number of aliphatic hydroxyl groups is 1. The highest BCUT2D eigenvalue weighted by atomic mass is 16.5. The maximum absolute atomic E-state index is 9.90. The minimum absolute atomic E-state index is 0.127. The Morgan fingerprint density at radius 1 is 1.39 bits per heavy atom. The Bertz CT molecular complexity index is 361. The van der Waals surface area contributed by atoms with Crippen molar-refractivity contribution in [2.24, 2.45) is 5.41 Å². The summed E-state index contributed by atoms with van der Waals surface area (Å²) in [6, 6.07) is 5.57. The molecular weight excluding hydrogens is 228 g/mol. The van der Waals surface area contributed by atoms with Gasteiger partial charge < -0.3 is 15.2 Å². The number of anilines is 1. The molecule has 0 radical (unpaired) electrons. The van der Waals surface area contributed by atoms with E-state index in [1.807, 2.05) is 25.1 Å². The molecule has 0 aliphatic heterocycles. The van der Waals surface area contributed by atoms with Crippen LogP contribution in [-0.4, -0.2) is 29.3 Å². The predicted octanol–water partition coefficient (Wildman–Crippen LogP) is 2.69. The van der Waals surface area contributed by atoms with E-state index in [1.54, 1.807) is 0 Å². The molecule has 0 amide bonds. The molecule has 1 unspecified atom stereocenters. The second kappa shape index (κ2) is 6.59. The summed E-state index contributed by atoms with van der Waals surface area (Å²) in [5.41, 5.74) is 0.127. The van der Waals surface area contributed by atoms with Crippen LogP contribution < -0.4 is 10.1 Å². The third kappa shape index (κ3) is 5.87. The van der Waals surface area contributed by atoms with E-state index in [0.717, 1.165) is 12.2 Å². The van der Waals surface area contributed by atoms with Crippen LogP contribution in [0.4, 0.5) is 5.82 Å². The van der Waals surface area contributed by atoms with Crippen LogP contribution in [0.5, 0.6) is 5.88 Å². The van der Waals surface area contributed by atoms with Crippen molar-refractivity contribution in [2.75, 3.05) is 18.5 Å². The van der Waals surface area contributed by atoms with Crippen molar-refractivity contribution < 1.29 is 9.84 Å². The van der Waals surface area contributed by atoms with Gasteiger partial charge in [0.25, 0.3) is 0 Å². The molecule has 0 aliphatic rings. The Hall–Kier alpha value is -1.29. The van der Waals surface area contributed by atoms with Gasteiger partial charge in [-0.1, -0.05) is 26.8 Å². The third-order valence-electron chi connectivity index (χ3n) is 2.38. The monoisotopic (exact) mass is 252 g/mol. The van der Waals surface area contributed by atoms with Gasteiger partial charge in [-0.15, -0.1) is 0 Å². The molecule has 1 rings (SSSR count). The molecule has 4 heteroatoms. The number of rotatable bonds is 6. The number of nitrogens with zero attached hydrogens (tertiary/aromatic N) is 1. The highest BCUT2D eigenvalue weighted by molar-refractivity contribution is 5.37. The zero-order valence-electron chi connectivity index (χ0n) is 11.7. The Kier molecular flexibility index (Phi) is 5.41. The molecule has 18 heavy (non-hydrogen) atoms. The van der Waals surface area contributed by atoms with Gasteiger partial charge in [0.15, 0.2) is 0 Å². The predicted molar refractivity (Wildman–Crippen MR) is 74.0 cm³/mol. The molecular formula is C14H24N2O2. The van der Waals surface area contributed by atoms with E-state index in [9.17, 15) is 5.11 Å². The lowest BCUT2D eigenvalue weighted by molar-refractivity contribution is 0.132. The molecule has 2 N–H and O–H groups in total. The van der Waals surface area contributed by atoms with Gasteiger partial charge in [-0.2, -0.15) is 4.98 Å². The quantitative estimate of drug-likeness (QED) is 0.817. The van der Waals surface area contributed by atoms with Crippen LogP contribution in [0, 0.1) is 5.41 Å². The van der Waals surface area contributed by atoms with Gasteiger partial charge >= 0.3 is 0 Å². The smallest absolute Gasteiger partial charge is 0.215 e. The molecule has 102 valence electrons. The number of pyridine rings is 1. The van der Waals surface area contributed by atoms with E-state index in [2.05, 4.69) is 31.1 Å². The number of ether oxygens (including phenoxy) is 1. The second-order valence-electron chi connectivity index (χ2n) is 5.59. The number of hydrogen-bond donors (Lipinski definition) is 2. The van der Waals surface area contributed by atoms with E-state index >= 15 is 0 Å². The van der Waals surface area contributed by atoms with E-state index < -0.39 is 0 Å². The van der Waals surface area contributed by atoms with Crippen molar-refractivity contribution in [2.45, 2.75) is 40.2 Å². The van der Waals surface area contributed by atoms with Gasteiger partial charge in [0.1, 0.15) is 5.82 Å². The fourth-order valence-electron chi connectivity index (χ4n) is 1.74.